The Bertz CT molecular complexity index is 1040. The zero-order valence-corrected chi connectivity index (χ0v) is 16.6. The van der Waals surface area contributed by atoms with Gasteiger partial charge in [-0.15, -0.1) is 11.3 Å². The van der Waals surface area contributed by atoms with Gasteiger partial charge in [0.15, 0.2) is 6.61 Å². The minimum atomic E-state index is -0.440. The van der Waals surface area contributed by atoms with Gasteiger partial charge in [-0.2, -0.15) is 0 Å². The van der Waals surface area contributed by atoms with Crippen molar-refractivity contribution < 1.29 is 19.1 Å². The molecule has 148 valence electrons. The fraction of sp³-hybridized carbons (Fsp3) is 0.238. The summed E-state index contributed by atoms with van der Waals surface area (Å²) in [6.45, 7) is 2.00. The van der Waals surface area contributed by atoms with Gasteiger partial charge in [0.1, 0.15) is 17.3 Å². The largest absolute Gasteiger partial charge is 0.482 e. The van der Waals surface area contributed by atoms with Crippen molar-refractivity contribution in [3.63, 3.8) is 0 Å². The van der Waals surface area contributed by atoms with Crippen molar-refractivity contribution in [3.8, 4) is 27.7 Å². The fourth-order valence-electron chi connectivity index (χ4n) is 2.94. The van der Waals surface area contributed by atoms with Crippen molar-refractivity contribution in [1.82, 2.24) is 9.97 Å². The first-order valence-corrected chi connectivity index (χ1v) is 10.1. The first kappa shape index (κ1) is 19.1. The van der Waals surface area contributed by atoms with Gasteiger partial charge in [-0.3, -0.25) is 19.5 Å². The molecule has 4 rings (SSSR count). The highest BCUT2D eigenvalue weighted by atomic mass is 32.1. The number of carbonyl (C=O) groups is 2. The van der Waals surface area contributed by atoms with Crippen molar-refractivity contribution in [2.45, 2.75) is 13.3 Å². The molecule has 0 fully saturated rings. The number of benzene rings is 1. The molecule has 0 spiro atoms. The summed E-state index contributed by atoms with van der Waals surface area (Å²) in [4.78, 5) is 34.8. The normalized spacial score (nSPS) is 13.0. The number of esters is 1. The number of rotatable bonds is 6. The molecule has 29 heavy (non-hydrogen) atoms. The van der Waals surface area contributed by atoms with Crippen LogP contribution in [-0.2, 0) is 14.3 Å². The van der Waals surface area contributed by atoms with Gasteiger partial charge < -0.3 is 9.47 Å². The maximum atomic E-state index is 12.4. The zero-order valence-electron chi connectivity index (χ0n) is 15.8. The average Bonchev–Trinajstić information content (AvgIpc) is 3.25. The Morgan fingerprint density at radius 3 is 2.97 bits per heavy atom. The Labute approximate surface area is 171 Å². The Hall–Kier alpha value is -3.26. The van der Waals surface area contributed by atoms with E-state index in [1.165, 1.54) is 16.2 Å². The van der Waals surface area contributed by atoms with Gasteiger partial charge in [0, 0.05) is 17.1 Å². The number of anilines is 1. The number of thiazole rings is 1. The van der Waals surface area contributed by atoms with Crippen LogP contribution in [0, 0.1) is 0 Å². The second-order valence-electron chi connectivity index (χ2n) is 6.42. The predicted molar refractivity (Wildman–Crippen MR) is 110 cm³/mol. The average molecular weight is 409 g/mol. The molecule has 0 aliphatic carbocycles. The lowest BCUT2D eigenvalue weighted by molar-refractivity contribution is -0.143. The lowest BCUT2D eigenvalue weighted by Crippen LogP contribution is -2.42. The van der Waals surface area contributed by atoms with Gasteiger partial charge in [-0.25, -0.2) is 4.98 Å². The number of hydrogen-bond acceptors (Lipinski definition) is 7. The van der Waals surface area contributed by atoms with Crippen LogP contribution in [0.1, 0.15) is 13.3 Å². The second kappa shape index (κ2) is 8.40. The van der Waals surface area contributed by atoms with E-state index in [1.807, 2.05) is 42.6 Å². The van der Waals surface area contributed by atoms with Crippen molar-refractivity contribution >= 4 is 28.9 Å². The van der Waals surface area contributed by atoms with E-state index in [-0.39, 0.29) is 19.1 Å². The molecule has 1 aliphatic rings. The van der Waals surface area contributed by atoms with E-state index in [2.05, 4.69) is 9.97 Å². The van der Waals surface area contributed by atoms with Crippen molar-refractivity contribution in [2.75, 3.05) is 24.7 Å². The molecule has 0 atom stereocenters. The Morgan fingerprint density at radius 2 is 2.17 bits per heavy atom. The highest BCUT2D eigenvalue weighted by Crippen LogP contribution is 2.37. The van der Waals surface area contributed by atoms with Crippen LogP contribution in [0.3, 0.4) is 0 Å². The van der Waals surface area contributed by atoms with E-state index in [0.717, 1.165) is 28.4 Å². The predicted octanol–water partition coefficient (Wildman–Crippen LogP) is 3.55. The molecule has 0 saturated heterocycles. The van der Waals surface area contributed by atoms with Gasteiger partial charge in [-0.1, -0.05) is 13.0 Å². The maximum absolute atomic E-state index is 12.4. The highest BCUT2D eigenvalue weighted by Gasteiger charge is 2.28. The van der Waals surface area contributed by atoms with Crippen LogP contribution in [0.4, 0.5) is 5.69 Å². The van der Waals surface area contributed by atoms with Crippen LogP contribution < -0.4 is 9.64 Å². The van der Waals surface area contributed by atoms with E-state index in [9.17, 15) is 9.59 Å². The molecule has 3 heterocycles. The van der Waals surface area contributed by atoms with E-state index in [4.69, 9.17) is 9.47 Å². The summed E-state index contributed by atoms with van der Waals surface area (Å²) in [5.41, 5.74) is 2.94. The molecule has 0 unspecified atom stereocenters. The third kappa shape index (κ3) is 4.12. The van der Waals surface area contributed by atoms with E-state index >= 15 is 0 Å². The molecule has 0 saturated carbocycles. The molecule has 0 N–H and O–H groups in total. The first-order chi connectivity index (χ1) is 14.2. The lowest BCUT2D eigenvalue weighted by Gasteiger charge is -2.29. The summed E-state index contributed by atoms with van der Waals surface area (Å²) >= 11 is 1.50. The Kier molecular flexibility index (Phi) is 5.53. The molecule has 8 heteroatoms. The summed E-state index contributed by atoms with van der Waals surface area (Å²) in [6.07, 6.45) is 2.46. The molecular formula is C21H19N3O4S. The molecule has 0 bridgehead atoms. The molecule has 1 aliphatic heterocycles. The standard InChI is InChI=1S/C21H19N3O4S/c1-2-9-27-20(26)11-24-17-10-14(6-7-18(17)28-12-19(24)25)16-13-29-21(23-16)15-5-3-4-8-22-15/h3-8,10,13H,2,9,11-12H2,1H3. The second-order valence-corrected chi connectivity index (χ2v) is 7.28. The smallest absolute Gasteiger partial charge is 0.326 e. The number of pyridine rings is 1. The number of fused-ring (bicyclic) bond motifs is 1. The van der Waals surface area contributed by atoms with Crippen molar-refractivity contribution in [2.24, 2.45) is 0 Å². The van der Waals surface area contributed by atoms with Crippen molar-refractivity contribution in [1.29, 1.82) is 0 Å². The van der Waals surface area contributed by atoms with Crippen LogP contribution in [0.15, 0.2) is 48.0 Å². The van der Waals surface area contributed by atoms with Crippen LogP contribution in [-0.4, -0.2) is 41.6 Å². The van der Waals surface area contributed by atoms with Crippen LogP contribution >= 0.6 is 11.3 Å². The van der Waals surface area contributed by atoms with Crippen LogP contribution in [0.5, 0.6) is 5.75 Å². The Balaban J connectivity index is 1.62. The van der Waals surface area contributed by atoms with Gasteiger partial charge in [-0.05, 0) is 36.8 Å². The quantitative estimate of drug-likeness (QED) is 0.579. The van der Waals surface area contributed by atoms with Gasteiger partial charge in [0.2, 0.25) is 0 Å². The summed E-state index contributed by atoms with van der Waals surface area (Å²) in [6, 6.07) is 11.2. The molecule has 1 aromatic carbocycles. The van der Waals surface area contributed by atoms with E-state index in [0.29, 0.717) is 18.0 Å². The van der Waals surface area contributed by atoms with Crippen molar-refractivity contribution in [3.05, 3.63) is 48.0 Å². The highest BCUT2D eigenvalue weighted by molar-refractivity contribution is 7.13. The van der Waals surface area contributed by atoms with Crippen LogP contribution in [0.2, 0.25) is 0 Å². The topological polar surface area (TPSA) is 81.6 Å². The summed E-state index contributed by atoms with van der Waals surface area (Å²) in [7, 11) is 0. The number of amides is 1. The number of nitrogens with zero attached hydrogens (tertiary/aromatic N) is 3. The summed E-state index contributed by atoms with van der Waals surface area (Å²) in [5, 5.41) is 2.75. The molecule has 3 aromatic rings. The van der Waals surface area contributed by atoms with Gasteiger partial charge in [0.05, 0.1) is 23.7 Å². The molecule has 2 aromatic heterocycles. The summed E-state index contributed by atoms with van der Waals surface area (Å²) < 4.78 is 10.7. The number of aromatic nitrogens is 2. The third-order valence-electron chi connectivity index (χ3n) is 4.34. The van der Waals surface area contributed by atoms with E-state index < -0.39 is 5.97 Å². The van der Waals surface area contributed by atoms with Crippen LogP contribution in [0.25, 0.3) is 22.0 Å². The van der Waals surface area contributed by atoms with Gasteiger partial charge in [0.25, 0.3) is 5.91 Å². The Morgan fingerprint density at radius 1 is 1.28 bits per heavy atom. The molecule has 1 amide bonds. The SMILES string of the molecule is CCCOC(=O)CN1C(=O)COc2ccc(-c3csc(-c4ccccn4)n3)cc21. The lowest BCUT2D eigenvalue weighted by atomic mass is 10.1. The first-order valence-electron chi connectivity index (χ1n) is 9.26. The monoisotopic (exact) mass is 409 g/mol. The molecular weight excluding hydrogens is 390 g/mol. The summed E-state index contributed by atoms with van der Waals surface area (Å²) in [5.74, 6) is -0.170. The minimum absolute atomic E-state index is 0.103. The number of carbonyl (C=O) groups excluding carboxylic acids is 2. The minimum Gasteiger partial charge on any atom is -0.482 e. The number of ether oxygens (including phenoxy) is 2. The zero-order chi connectivity index (χ0) is 20.2. The third-order valence-corrected chi connectivity index (χ3v) is 5.21. The van der Waals surface area contributed by atoms with E-state index in [1.54, 1.807) is 12.3 Å². The molecule has 0 radical (unpaired) electrons. The fourth-order valence-corrected chi connectivity index (χ4v) is 3.74. The van der Waals surface area contributed by atoms with Gasteiger partial charge >= 0.3 is 5.97 Å². The number of hydrogen-bond donors (Lipinski definition) is 0. The molecule has 7 nitrogen and oxygen atoms in total. The maximum Gasteiger partial charge on any atom is 0.326 e.